The lowest BCUT2D eigenvalue weighted by atomic mass is 10.1. The molecule has 0 atom stereocenters. The van der Waals surface area contributed by atoms with Crippen LogP contribution in [0.2, 0.25) is 0 Å². The minimum Gasteiger partial charge on any atom is -0.493 e. The molecule has 1 heterocycles. The molecule has 0 aliphatic carbocycles. The minimum atomic E-state index is -1.18. The summed E-state index contributed by atoms with van der Waals surface area (Å²) in [6, 6.07) is 4.57. The number of aromatic nitrogens is 1. The van der Waals surface area contributed by atoms with Gasteiger partial charge in [-0.15, -0.1) is 10.2 Å². The molecule has 0 saturated carbocycles. The monoisotopic (exact) mass is 358 g/mol. The first-order valence-electron chi connectivity index (χ1n) is 7.70. The van der Waals surface area contributed by atoms with E-state index >= 15 is 0 Å². The first-order valence-corrected chi connectivity index (χ1v) is 7.70. The highest BCUT2D eigenvalue weighted by Gasteiger charge is 2.22. The van der Waals surface area contributed by atoms with Crippen molar-refractivity contribution in [3.05, 3.63) is 50.8 Å². The summed E-state index contributed by atoms with van der Waals surface area (Å²) < 4.78 is 0.939. The molecule has 136 valence electrons. The van der Waals surface area contributed by atoms with Crippen LogP contribution in [0.1, 0.15) is 38.8 Å². The highest BCUT2D eigenvalue weighted by atomic mass is 16.4. The highest BCUT2D eigenvalue weighted by molar-refractivity contribution is 5.95. The topological polar surface area (TPSA) is 147 Å². The number of nitrogens with zero attached hydrogens (tertiary/aromatic N) is 3. The third kappa shape index (κ3) is 3.32. The van der Waals surface area contributed by atoms with Crippen molar-refractivity contribution in [2.45, 2.75) is 27.3 Å². The summed E-state index contributed by atoms with van der Waals surface area (Å²) in [5.41, 5.74) is 4.90. The summed E-state index contributed by atoms with van der Waals surface area (Å²) in [5, 5.41) is 27.3. The normalized spacial score (nSPS) is 11.0. The second-order valence-electron chi connectivity index (χ2n) is 5.61. The van der Waals surface area contributed by atoms with Crippen LogP contribution < -0.4 is 11.3 Å². The van der Waals surface area contributed by atoms with Crippen molar-refractivity contribution < 1.29 is 19.8 Å². The molecule has 0 unspecified atom stereocenters. The number of azo groups is 1. The molecule has 0 bridgehead atoms. The molecular weight excluding hydrogens is 340 g/mol. The molecule has 0 fully saturated rings. The number of aromatic hydroxyl groups is 1. The van der Waals surface area contributed by atoms with Crippen LogP contribution in [0.15, 0.2) is 33.2 Å². The van der Waals surface area contributed by atoms with Gasteiger partial charge >= 0.3 is 5.97 Å². The fraction of sp³-hybridized carbons (Fsp3) is 0.235. The summed E-state index contributed by atoms with van der Waals surface area (Å²) in [6.07, 6.45) is 0. The van der Waals surface area contributed by atoms with Crippen LogP contribution in [0, 0.1) is 13.8 Å². The lowest BCUT2D eigenvalue weighted by Crippen LogP contribution is -2.30. The van der Waals surface area contributed by atoms with Crippen LogP contribution >= 0.6 is 0 Å². The van der Waals surface area contributed by atoms with Crippen LogP contribution in [-0.2, 0) is 6.54 Å². The van der Waals surface area contributed by atoms with Crippen LogP contribution in [0.5, 0.6) is 5.88 Å². The lowest BCUT2D eigenvalue weighted by Gasteiger charge is -2.12. The van der Waals surface area contributed by atoms with Crippen molar-refractivity contribution >= 4 is 23.3 Å². The Hall–Kier alpha value is -3.49. The van der Waals surface area contributed by atoms with Crippen molar-refractivity contribution in [3.8, 4) is 5.88 Å². The number of aryl methyl sites for hydroxylation is 1. The maximum atomic E-state index is 12.2. The number of carbonyl (C=O) groups is 2. The Labute approximate surface area is 148 Å². The Kier molecular flexibility index (Phi) is 5.20. The fourth-order valence-electron chi connectivity index (χ4n) is 2.52. The zero-order chi connectivity index (χ0) is 19.6. The Morgan fingerprint density at radius 1 is 1.23 bits per heavy atom. The van der Waals surface area contributed by atoms with Crippen molar-refractivity contribution in [3.63, 3.8) is 0 Å². The van der Waals surface area contributed by atoms with Gasteiger partial charge in [0.2, 0.25) is 5.88 Å². The summed E-state index contributed by atoms with van der Waals surface area (Å²) >= 11 is 0. The van der Waals surface area contributed by atoms with E-state index in [1.165, 1.54) is 19.1 Å². The van der Waals surface area contributed by atoms with E-state index in [0.717, 1.165) is 10.1 Å². The molecule has 1 aromatic heterocycles. The molecule has 4 N–H and O–H groups in total. The lowest BCUT2D eigenvalue weighted by molar-refractivity contribution is 0.0697. The van der Waals surface area contributed by atoms with Crippen LogP contribution in [0.4, 0.5) is 11.4 Å². The van der Waals surface area contributed by atoms with Gasteiger partial charge in [-0.2, -0.15) is 0 Å². The molecule has 26 heavy (non-hydrogen) atoms. The van der Waals surface area contributed by atoms with Gasteiger partial charge in [0, 0.05) is 12.1 Å². The molecule has 0 aliphatic rings. The number of carboxylic acids is 1. The van der Waals surface area contributed by atoms with Crippen molar-refractivity contribution in [2.75, 3.05) is 0 Å². The molecule has 0 spiro atoms. The maximum absolute atomic E-state index is 12.2. The Balaban J connectivity index is 2.70. The summed E-state index contributed by atoms with van der Waals surface area (Å²) in [7, 11) is 0. The van der Waals surface area contributed by atoms with Gasteiger partial charge in [-0.3, -0.25) is 14.2 Å². The summed E-state index contributed by atoms with van der Waals surface area (Å²) in [4.78, 5) is 35.2. The molecule has 2 aromatic rings. The SMILES string of the molecule is CCn1c(O)c(/N=N/c2ccc(C)cc2C(=O)O)c(C)c(C(N)=O)c1=O. The molecule has 0 aliphatic heterocycles. The number of amides is 1. The van der Waals surface area contributed by atoms with E-state index in [2.05, 4.69) is 10.2 Å². The number of nitrogens with two attached hydrogens (primary N) is 1. The minimum absolute atomic E-state index is 0.0650. The molecular formula is C17H18N4O5. The van der Waals surface area contributed by atoms with Crippen molar-refractivity contribution in [2.24, 2.45) is 16.0 Å². The Morgan fingerprint density at radius 2 is 1.88 bits per heavy atom. The highest BCUT2D eigenvalue weighted by Crippen LogP contribution is 2.33. The van der Waals surface area contributed by atoms with E-state index in [9.17, 15) is 24.6 Å². The summed E-state index contributed by atoms with van der Waals surface area (Å²) in [6.45, 7) is 4.83. The number of primary amides is 1. The average Bonchev–Trinajstić information content (AvgIpc) is 2.55. The summed E-state index contributed by atoms with van der Waals surface area (Å²) in [5.74, 6) is -2.61. The van der Waals surface area contributed by atoms with Gasteiger partial charge in [-0.05, 0) is 32.9 Å². The Bertz CT molecular complexity index is 992. The van der Waals surface area contributed by atoms with Gasteiger partial charge in [0.1, 0.15) is 16.9 Å². The predicted octanol–water partition coefficient (Wildman–Crippen LogP) is 2.40. The van der Waals surface area contributed by atoms with E-state index in [0.29, 0.717) is 0 Å². The number of hydrogen-bond donors (Lipinski definition) is 3. The van der Waals surface area contributed by atoms with E-state index in [1.54, 1.807) is 19.9 Å². The van der Waals surface area contributed by atoms with Crippen LogP contribution in [-0.4, -0.2) is 26.7 Å². The molecule has 9 nitrogen and oxygen atoms in total. The molecule has 9 heteroatoms. The third-order valence-electron chi connectivity index (χ3n) is 3.86. The van der Waals surface area contributed by atoms with Gasteiger partial charge in [0.05, 0.1) is 5.56 Å². The van der Waals surface area contributed by atoms with Gasteiger partial charge in [0.15, 0.2) is 0 Å². The number of aromatic carboxylic acids is 1. The van der Waals surface area contributed by atoms with E-state index in [-0.39, 0.29) is 34.6 Å². The zero-order valence-corrected chi connectivity index (χ0v) is 14.5. The Morgan fingerprint density at radius 3 is 2.42 bits per heavy atom. The quantitative estimate of drug-likeness (QED) is 0.702. The zero-order valence-electron chi connectivity index (χ0n) is 14.5. The average molecular weight is 358 g/mol. The van der Waals surface area contributed by atoms with Crippen molar-refractivity contribution in [1.82, 2.24) is 4.57 Å². The van der Waals surface area contributed by atoms with Crippen molar-refractivity contribution in [1.29, 1.82) is 0 Å². The number of carboxylic acid groups (broad SMARTS) is 1. The first-order chi connectivity index (χ1) is 12.2. The fourth-order valence-corrected chi connectivity index (χ4v) is 2.52. The first kappa shape index (κ1) is 18.8. The van der Waals surface area contributed by atoms with E-state index in [4.69, 9.17) is 5.73 Å². The standard InChI is InChI=1S/C17H18N4O5/c1-4-21-15(23)12(14(18)22)9(3)13(16(21)24)20-19-11-6-5-8(2)7-10(11)17(25)26/h5-7,24H,4H2,1-3H3,(H2,18,22)(H,25,26)/b20-19+. The number of pyridine rings is 1. The molecule has 2 rings (SSSR count). The van der Waals surface area contributed by atoms with E-state index in [1.807, 2.05) is 0 Å². The van der Waals surface area contributed by atoms with Gasteiger partial charge in [0.25, 0.3) is 11.5 Å². The smallest absolute Gasteiger partial charge is 0.337 e. The third-order valence-corrected chi connectivity index (χ3v) is 3.86. The second-order valence-corrected chi connectivity index (χ2v) is 5.61. The van der Waals surface area contributed by atoms with Gasteiger partial charge < -0.3 is 15.9 Å². The molecule has 0 saturated heterocycles. The van der Waals surface area contributed by atoms with Crippen LogP contribution in [0.25, 0.3) is 0 Å². The number of carbonyl (C=O) groups excluding carboxylic acids is 1. The van der Waals surface area contributed by atoms with E-state index < -0.39 is 23.3 Å². The van der Waals surface area contributed by atoms with Gasteiger partial charge in [-0.25, -0.2) is 4.79 Å². The number of hydrogen-bond acceptors (Lipinski definition) is 6. The molecule has 1 amide bonds. The maximum Gasteiger partial charge on any atom is 0.337 e. The predicted molar refractivity (Wildman–Crippen MR) is 93.6 cm³/mol. The van der Waals surface area contributed by atoms with Gasteiger partial charge in [-0.1, -0.05) is 11.6 Å². The number of rotatable bonds is 5. The molecule has 0 radical (unpaired) electrons. The molecule has 1 aromatic carbocycles. The number of benzene rings is 1. The van der Waals surface area contributed by atoms with Crippen LogP contribution in [0.3, 0.4) is 0 Å². The second kappa shape index (κ2) is 7.18. The largest absolute Gasteiger partial charge is 0.493 e.